The third-order valence-electron chi connectivity index (χ3n) is 5.88. The fourth-order valence-electron chi connectivity index (χ4n) is 4.14. The Kier molecular flexibility index (Phi) is 11.7. The van der Waals surface area contributed by atoms with Crippen LogP contribution in [0.15, 0.2) is 42.5 Å². The zero-order valence-corrected chi connectivity index (χ0v) is 22.7. The zero-order valence-electron chi connectivity index (χ0n) is 21.8. The van der Waals surface area contributed by atoms with Crippen molar-refractivity contribution in [2.45, 2.75) is 58.6 Å². The zero-order chi connectivity index (χ0) is 28.3. The molecule has 0 spiro atoms. The number of unbranched alkanes of at least 4 members (excludes halogenated alkanes) is 1. The smallest absolute Gasteiger partial charge is 0.326 e. The van der Waals surface area contributed by atoms with Crippen LogP contribution in [0.4, 0.5) is 0 Å². The second-order valence-corrected chi connectivity index (χ2v) is 11.3. The number of carbonyl (C=O) groups is 4. The number of carboxylic acids is 1. The number of esters is 2. The maximum atomic E-state index is 13.3. The number of aliphatic carboxylic acids is 1. The summed E-state index contributed by atoms with van der Waals surface area (Å²) < 4.78 is 36.3. The molecule has 208 valence electrons. The van der Waals surface area contributed by atoms with Gasteiger partial charge in [0, 0.05) is 13.8 Å². The topological polar surface area (TPSA) is 153 Å². The first kappa shape index (κ1) is 30.8. The predicted octanol–water partition coefficient (Wildman–Crippen LogP) is 2.67. The molecule has 2 rings (SSSR count). The quantitative estimate of drug-likeness (QED) is 0.319. The van der Waals surface area contributed by atoms with Gasteiger partial charge >= 0.3 is 17.9 Å². The Morgan fingerprint density at radius 2 is 1.66 bits per heavy atom. The molecule has 10 nitrogen and oxygen atoms in total. The molecule has 0 aliphatic heterocycles. The summed E-state index contributed by atoms with van der Waals surface area (Å²) in [4.78, 5) is 47.7. The molecule has 0 fully saturated rings. The third-order valence-corrected chi connectivity index (χ3v) is 7.67. The average Bonchev–Trinajstić information content (AvgIpc) is 2.83. The van der Waals surface area contributed by atoms with Crippen LogP contribution >= 0.6 is 0 Å². The molecule has 0 aliphatic rings. The fourth-order valence-corrected chi connectivity index (χ4v) is 5.89. The van der Waals surface area contributed by atoms with Crippen LogP contribution in [0.3, 0.4) is 0 Å². The summed E-state index contributed by atoms with van der Waals surface area (Å²) in [6.07, 6.45) is 0.299. The van der Waals surface area contributed by atoms with Crippen LogP contribution in [-0.4, -0.2) is 67.6 Å². The highest BCUT2D eigenvalue weighted by molar-refractivity contribution is 7.91. The molecule has 2 N–H and O–H groups in total. The van der Waals surface area contributed by atoms with Crippen molar-refractivity contribution in [3.63, 3.8) is 0 Å². The van der Waals surface area contributed by atoms with Crippen LogP contribution in [0.25, 0.3) is 10.8 Å². The Hall–Kier alpha value is -3.47. The summed E-state index contributed by atoms with van der Waals surface area (Å²) in [6, 6.07) is 11.8. The van der Waals surface area contributed by atoms with Gasteiger partial charge in [0.15, 0.2) is 9.84 Å². The molecule has 2 aromatic carbocycles. The van der Waals surface area contributed by atoms with E-state index >= 15 is 0 Å². The van der Waals surface area contributed by atoms with E-state index in [1.807, 2.05) is 37.3 Å². The molecule has 0 radical (unpaired) electrons. The van der Waals surface area contributed by atoms with E-state index < -0.39 is 69.8 Å². The number of amides is 1. The molecule has 2 aromatic rings. The Morgan fingerprint density at radius 1 is 0.974 bits per heavy atom. The molecular weight excluding hydrogens is 514 g/mol. The van der Waals surface area contributed by atoms with Gasteiger partial charge in [-0.2, -0.15) is 0 Å². The number of rotatable bonds is 15. The van der Waals surface area contributed by atoms with Crippen molar-refractivity contribution in [1.29, 1.82) is 0 Å². The molecule has 0 bridgehead atoms. The Labute approximate surface area is 222 Å². The van der Waals surface area contributed by atoms with Gasteiger partial charge in [-0.25, -0.2) is 13.2 Å². The second-order valence-electron chi connectivity index (χ2n) is 9.19. The average molecular weight is 550 g/mol. The van der Waals surface area contributed by atoms with Crippen molar-refractivity contribution in [3.8, 4) is 0 Å². The largest absolute Gasteiger partial charge is 0.480 e. The van der Waals surface area contributed by atoms with Gasteiger partial charge in [-0.1, -0.05) is 62.2 Å². The number of hydrogen-bond acceptors (Lipinski definition) is 8. The minimum Gasteiger partial charge on any atom is -0.480 e. The lowest BCUT2D eigenvalue weighted by Gasteiger charge is -2.22. The van der Waals surface area contributed by atoms with Crippen molar-refractivity contribution >= 4 is 44.4 Å². The minimum atomic E-state index is -4.04. The molecule has 0 aromatic heterocycles. The van der Waals surface area contributed by atoms with Crippen LogP contribution in [0, 0.1) is 5.92 Å². The molecule has 3 atom stereocenters. The van der Waals surface area contributed by atoms with Gasteiger partial charge in [-0.05, 0) is 29.2 Å². The highest BCUT2D eigenvalue weighted by Crippen LogP contribution is 2.23. The number of carbonyl (C=O) groups excluding carboxylic acids is 3. The summed E-state index contributed by atoms with van der Waals surface area (Å²) in [6.45, 7) is 3.69. The van der Waals surface area contributed by atoms with Crippen LogP contribution in [0.2, 0.25) is 0 Å². The fraction of sp³-hybridized carbons (Fsp3) is 0.481. The number of ether oxygens (including phenoxy) is 2. The van der Waals surface area contributed by atoms with Gasteiger partial charge in [-0.3, -0.25) is 14.4 Å². The monoisotopic (exact) mass is 549 g/mol. The maximum Gasteiger partial charge on any atom is 0.326 e. The Morgan fingerprint density at radius 3 is 2.29 bits per heavy atom. The van der Waals surface area contributed by atoms with E-state index in [9.17, 15) is 32.7 Å². The van der Waals surface area contributed by atoms with Crippen LogP contribution in [0.1, 0.15) is 45.6 Å². The minimum absolute atomic E-state index is 0.0364. The Balaban J connectivity index is 2.35. The molecule has 0 saturated carbocycles. The summed E-state index contributed by atoms with van der Waals surface area (Å²) >= 11 is 0. The first-order valence-corrected chi connectivity index (χ1v) is 14.2. The van der Waals surface area contributed by atoms with Crippen molar-refractivity contribution < 1.29 is 42.2 Å². The number of hydrogen-bond donors (Lipinski definition) is 2. The lowest BCUT2D eigenvalue weighted by molar-refractivity contribution is -0.154. The van der Waals surface area contributed by atoms with Gasteiger partial charge in [0.05, 0.1) is 17.4 Å². The van der Waals surface area contributed by atoms with Crippen LogP contribution in [-0.2, 0) is 44.9 Å². The number of benzene rings is 2. The predicted molar refractivity (Wildman–Crippen MR) is 141 cm³/mol. The van der Waals surface area contributed by atoms with E-state index in [1.54, 1.807) is 12.1 Å². The standard InChI is InChI=1S/C27H35NO9S/c1-4-5-13-25(27(32)33)28-26(31)22(14-21-11-8-10-20-9-6-7-12-24(20)21)16-38(34,35)17-23(37-19(3)30)15-36-18(2)29/h6-12,22-23,25H,4-5,13-17H2,1-3H3,(H,28,31)(H,32,33)/t22-,23?,25-/m0/s1. The van der Waals surface area contributed by atoms with E-state index in [1.165, 1.54) is 0 Å². The molecular formula is C27H35NO9S. The molecule has 0 heterocycles. The van der Waals surface area contributed by atoms with Gasteiger partial charge in [0.25, 0.3) is 0 Å². The molecule has 1 amide bonds. The first-order valence-electron chi connectivity index (χ1n) is 12.4. The lowest BCUT2D eigenvalue weighted by atomic mass is 9.95. The van der Waals surface area contributed by atoms with Gasteiger partial charge in [-0.15, -0.1) is 0 Å². The molecule has 0 aliphatic carbocycles. The highest BCUT2D eigenvalue weighted by Gasteiger charge is 2.32. The second kappa shape index (κ2) is 14.5. The summed E-state index contributed by atoms with van der Waals surface area (Å²) in [7, 11) is -4.04. The summed E-state index contributed by atoms with van der Waals surface area (Å²) in [5.41, 5.74) is 0.732. The van der Waals surface area contributed by atoms with E-state index in [0.717, 1.165) is 36.6 Å². The van der Waals surface area contributed by atoms with Gasteiger partial charge in [0.2, 0.25) is 5.91 Å². The third kappa shape index (κ3) is 10.1. The number of carboxylic acid groups (broad SMARTS) is 1. The van der Waals surface area contributed by atoms with Crippen LogP contribution < -0.4 is 5.32 Å². The van der Waals surface area contributed by atoms with Gasteiger partial charge in [0.1, 0.15) is 18.8 Å². The SMILES string of the molecule is CCCC[C@H](NC(=O)[C@@H](Cc1cccc2ccccc12)CS(=O)(=O)CC(COC(C)=O)OC(C)=O)C(=O)O. The van der Waals surface area contributed by atoms with Crippen LogP contribution in [0.5, 0.6) is 0 Å². The summed E-state index contributed by atoms with van der Waals surface area (Å²) in [5, 5.41) is 13.8. The van der Waals surface area contributed by atoms with Crippen molar-refractivity contribution in [3.05, 3.63) is 48.0 Å². The van der Waals surface area contributed by atoms with Crippen molar-refractivity contribution in [1.82, 2.24) is 5.32 Å². The molecule has 1 unspecified atom stereocenters. The van der Waals surface area contributed by atoms with E-state index in [4.69, 9.17) is 9.47 Å². The molecule has 38 heavy (non-hydrogen) atoms. The molecule has 0 saturated heterocycles. The summed E-state index contributed by atoms with van der Waals surface area (Å²) in [5.74, 6) is -5.73. The maximum absolute atomic E-state index is 13.3. The van der Waals surface area contributed by atoms with Gasteiger partial charge < -0.3 is 19.9 Å². The first-order chi connectivity index (χ1) is 17.9. The highest BCUT2D eigenvalue weighted by atomic mass is 32.2. The van der Waals surface area contributed by atoms with E-state index in [-0.39, 0.29) is 12.8 Å². The van der Waals surface area contributed by atoms with E-state index in [0.29, 0.717) is 6.42 Å². The number of nitrogens with one attached hydrogen (secondary N) is 1. The molecule has 11 heteroatoms. The normalized spacial score (nSPS) is 13.8. The lowest BCUT2D eigenvalue weighted by Crippen LogP contribution is -2.46. The van der Waals surface area contributed by atoms with Crippen molar-refractivity contribution in [2.75, 3.05) is 18.1 Å². The van der Waals surface area contributed by atoms with Crippen molar-refractivity contribution in [2.24, 2.45) is 5.92 Å². The number of sulfone groups is 1. The van der Waals surface area contributed by atoms with E-state index in [2.05, 4.69) is 5.32 Å². The number of fused-ring (bicyclic) bond motifs is 1. The Bertz CT molecular complexity index is 1240.